The van der Waals surface area contributed by atoms with Crippen LogP contribution in [0.2, 0.25) is 0 Å². The van der Waals surface area contributed by atoms with E-state index in [1.165, 1.54) is 0 Å². The van der Waals surface area contributed by atoms with E-state index in [0.717, 1.165) is 0 Å². The fraction of sp³-hybridized carbons (Fsp3) is 0. The van der Waals surface area contributed by atoms with Gasteiger partial charge in [0, 0.05) is 23.7 Å². The average Bonchev–Trinajstić information content (AvgIpc) is 2.36. The van der Waals surface area contributed by atoms with Crippen molar-refractivity contribution < 1.29 is 11.0 Å². The number of carbonyl (C=O) groups excluding carboxylic acids is 2. The van der Waals surface area contributed by atoms with Gasteiger partial charge >= 0.3 is 0 Å². The minimum atomic E-state index is -0.0641. The van der Waals surface area contributed by atoms with Gasteiger partial charge in [-0.05, 0) is 0 Å². The molecule has 0 radical (unpaired) electrons. The van der Waals surface area contributed by atoms with Crippen LogP contribution < -0.4 is 0 Å². The maximum absolute atomic E-state index is 12.1. The Morgan fingerprint density at radius 2 is 0.812 bits per heavy atom. The molecule has 1 aliphatic carbocycles. The minimum absolute atomic E-state index is 0. The lowest BCUT2D eigenvalue weighted by Crippen LogP contribution is -2.20. The monoisotopic (exact) mass is 210 g/mol. The maximum Gasteiger partial charge on any atom is 0.194 e. The summed E-state index contributed by atoms with van der Waals surface area (Å²) in [5, 5.41) is 0. The average molecular weight is 210 g/mol. The van der Waals surface area contributed by atoms with Crippen molar-refractivity contribution in [2.45, 2.75) is 0 Å². The van der Waals surface area contributed by atoms with Gasteiger partial charge in [-0.25, -0.2) is 0 Å². The molecule has 0 saturated carbocycles. The second-order valence-electron chi connectivity index (χ2n) is 3.75. The molecule has 2 aromatic rings. The molecule has 0 heterocycles. The standard InChI is InChI=1S/C14H8O2.H2/c15-13-9-5-1-2-6-10(9)14(16)12-8-4-3-7-11(12)13;/h1-8H;1H. The van der Waals surface area contributed by atoms with E-state index >= 15 is 0 Å². The Morgan fingerprint density at radius 3 is 1.06 bits per heavy atom. The molecule has 1 aliphatic rings. The smallest absolute Gasteiger partial charge is 0.194 e. The maximum atomic E-state index is 12.1. The molecule has 0 aliphatic heterocycles. The second kappa shape index (κ2) is 3.14. The van der Waals surface area contributed by atoms with Gasteiger partial charge in [0.25, 0.3) is 0 Å². The number of rotatable bonds is 0. The van der Waals surface area contributed by atoms with Crippen LogP contribution in [0.15, 0.2) is 48.5 Å². The van der Waals surface area contributed by atoms with Gasteiger partial charge < -0.3 is 0 Å². The fourth-order valence-electron chi connectivity index (χ4n) is 2.05. The van der Waals surface area contributed by atoms with Gasteiger partial charge in [-0.15, -0.1) is 0 Å². The number of hydrogen-bond donors (Lipinski definition) is 0. The normalized spacial score (nSPS) is 13.2. The van der Waals surface area contributed by atoms with Gasteiger partial charge in [-0.2, -0.15) is 0 Å². The fourth-order valence-corrected chi connectivity index (χ4v) is 2.05. The second-order valence-corrected chi connectivity index (χ2v) is 3.75. The summed E-state index contributed by atoms with van der Waals surface area (Å²) < 4.78 is 0. The van der Waals surface area contributed by atoms with Crippen molar-refractivity contribution in [2.24, 2.45) is 0 Å². The van der Waals surface area contributed by atoms with Crippen molar-refractivity contribution in [3.63, 3.8) is 0 Å². The highest BCUT2D eigenvalue weighted by atomic mass is 16.1. The minimum Gasteiger partial charge on any atom is -0.289 e. The van der Waals surface area contributed by atoms with Gasteiger partial charge in [0.05, 0.1) is 0 Å². The molecule has 3 rings (SSSR count). The molecular weight excluding hydrogens is 200 g/mol. The first kappa shape index (κ1) is 9.04. The molecule has 0 unspecified atom stereocenters. The summed E-state index contributed by atoms with van der Waals surface area (Å²) >= 11 is 0. The summed E-state index contributed by atoms with van der Waals surface area (Å²) in [6, 6.07) is 13.9. The lowest BCUT2D eigenvalue weighted by Gasteiger charge is -2.16. The van der Waals surface area contributed by atoms with Gasteiger partial charge in [-0.1, -0.05) is 48.5 Å². The highest BCUT2D eigenvalue weighted by Gasteiger charge is 2.28. The first-order valence-electron chi connectivity index (χ1n) is 5.06. The van der Waals surface area contributed by atoms with Crippen LogP contribution in [0.1, 0.15) is 33.3 Å². The van der Waals surface area contributed by atoms with Crippen LogP contribution in [0.25, 0.3) is 0 Å². The SMILES string of the molecule is O=C1c2ccccc2C(=O)c2ccccc21.[HH]. The Labute approximate surface area is 94.0 Å². The number of hydrogen-bond acceptors (Lipinski definition) is 2. The summed E-state index contributed by atoms with van der Waals surface area (Å²) in [4.78, 5) is 24.2. The Bertz CT molecular complexity index is 512. The van der Waals surface area contributed by atoms with E-state index in [1.54, 1.807) is 48.5 Å². The van der Waals surface area contributed by atoms with Gasteiger partial charge in [0.1, 0.15) is 0 Å². The number of benzene rings is 2. The van der Waals surface area contributed by atoms with Crippen LogP contribution in [0, 0.1) is 0 Å². The third-order valence-electron chi connectivity index (χ3n) is 2.83. The molecule has 2 heteroatoms. The topological polar surface area (TPSA) is 34.1 Å². The molecular formula is C14H10O2. The van der Waals surface area contributed by atoms with E-state index < -0.39 is 0 Å². The number of fused-ring (bicyclic) bond motifs is 2. The van der Waals surface area contributed by atoms with Crippen LogP contribution in [-0.4, -0.2) is 11.6 Å². The van der Waals surface area contributed by atoms with Crippen molar-refractivity contribution in [3.05, 3.63) is 70.8 Å². The highest BCUT2D eigenvalue weighted by Crippen LogP contribution is 2.26. The summed E-state index contributed by atoms with van der Waals surface area (Å²) in [6.45, 7) is 0. The Kier molecular flexibility index (Phi) is 1.77. The van der Waals surface area contributed by atoms with E-state index in [1.807, 2.05) is 0 Å². The highest BCUT2D eigenvalue weighted by molar-refractivity contribution is 6.28. The first-order chi connectivity index (χ1) is 7.79. The zero-order valence-electron chi connectivity index (χ0n) is 8.44. The Hall–Kier alpha value is -2.22. The van der Waals surface area contributed by atoms with Crippen LogP contribution >= 0.6 is 0 Å². The molecule has 2 aromatic carbocycles. The zero-order valence-corrected chi connectivity index (χ0v) is 8.44. The predicted octanol–water partition coefficient (Wildman–Crippen LogP) is 2.71. The predicted molar refractivity (Wildman–Crippen MR) is 61.9 cm³/mol. The van der Waals surface area contributed by atoms with E-state index in [-0.39, 0.29) is 13.0 Å². The molecule has 0 atom stereocenters. The lowest BCUT2D eigenvalue weighted by molar-refractivity contribution is 0.0979. The zero-order chi connectivity index (χ0) is 11.1. The van der Waals surface area contributed by atoms with Crippen molar-refractivity contribution in [2.75, 3.05) is 0 Å². The van der Waals surface area contributed by atoms with Crippen LogP contribution in [0.5, 0.6) is 0 Å². The molecule has 0 aromatic heterocycles. The van der Waals surface area contributed by atoms with Crippen LogP contribution in [0.4, 0.5) is 0 Å². The van der Waals surface area contributed by atoms with Crippen molar-refractivity contribution in [1.82, 2.24) is 0 Å². The van der Waals surface area contributed by atoms with Crippen molar-refractivity contribution >= 4 is 11.6 Å². The Morgan fingerprint density at radius 1 is 0.562 bits per heavy atom. The number of ketones is 2. The molecule has 0 saturated heterocycles. The quantitative estimate of drug-likeness (QED) is 0.571. The van der Waals surface area contributed by atoms with E-state index in [2.05, 4.69) is 0 Å². The van der Waals surface area contributed by atoms with Crippen LogP contribution in [0.3, 0.4) is 0 Å². The summed E-state index contributed by atoms with van der Waals surface area (Å²) in [7, 11) is 0. The summed E-state index contributed by atoms with van der Waals surface area (Å²) in [5.41, 5.74) is 2.02. The third kappa shape index (κ3) is 1.07. The molecule has 2 nitrogen and oxygen atoms in total. The lowest BCUT2D eigenvalue weighted by atomic mass is 9.84. The number of carbonyl (C=O) groups is 2. The van der Waals surface area contributed by atoms with E-state index in [0.29, 0.717) is 22.3 Å². The largest absolute Gasteiger partial charge is 0.289 e. The third-order valence-corrected chi connectivity index (χ3v) is 2.83. The first-order valence-corrected chi connectivity index (χ1v) is 5.06. The molecule has 0 spiro atoms. The Balaban J connectivity index is 0.00000108. The molecule has 0 N–H and O–H groups in total. The van der Waals surface area contributed by atoms with Crippen molar-refractivity contribution in [3.8, 4) is 0 Å². The van der Waals surface area contributed by atoms with Crippen LogP contribution in [-0.2, 0) is 0 Å². The van der Waals surface area contributed by atoms with Gasteiger partial charge in [0.15, 0.2) is 11.6 Å². The molecule has 0 amide bonds. The molecule has 78 valence electrons. The molecule has 0 fully saturated rings. The molecule has 0 bridgehead atoms. The van der Waals surface area contributed by atoms with Gasteiger partial charge in [-0.3, -0.25) is 9.59 Å². The van der Waals surface area contributed by atoms with E-state index in [4.69, 9.17) is 0 Å². The van der Waals surface area contributed by atoms with Crippen molar-refractivity contribution in [1.29, 1.82) is 0 Å². The summed E-state index contributed by atoms with van der Waals surface area (Å²) in [5.74, 6) is -0.128. The van der Waals surface area contributed by atoms with E-state index in [9.17, 15) is 9.59 Å². The molecule has 16 heavy (non-hydrogen) atoms. The van der Waals surface area contributed by atoms with Gasteiger partial charge in [0.2, 0.25) is 0 Å². The summed E-state index contributed by atoms with van der Waals surface area (Å²) in [6.07, 6.45) is 0.